The Morgan fingerprint density at radius 3 is 2.58 bits per heavy atom. The van der Waals surface area contributed by atoms with Crippen LogP contribution in [0.15, 0.2) is 18.3 Å². The molecule has 2 rings (SSSR count). The van der Waals surface area contributed by atoms with Gasteiger partial charge in [0.25, 0.3) is 0 Å². The Morgan fingerprint density at radius 2 is 1.95 bits per heavy atom. The predicted molar refractivity (Wildman–Crippen MR) is 78.1 cm³/mol. The van der Waals surface area contributed by atoms with Crippen molar-refractivity contribution in [3.63, 3.8) is 0 Å². The standard InChI is InChI=1S/C16H24N2O/c1-16(2,3)14-11-13(9-10-17-14)18-15(19)12-7-5-4-6-8-12/h9-12H,4-8H2,1-3H3,(H,17,18,19). The van der Waals surface area contributed by atoms with Gasteiger partial charge in [-0.2, -0.15) is 0 Å². The fourth-order valence-electron chi connectivity index (χ4n) is 2.53. The fourth-order valence-corrected chi connectivity index (χ4v) is 2.53. The Hall–Kier alpha value is -1.38. The molecule has 0 aliphatic heterocycles. The van der Waals surface area contributed by atoms with Gasteiger partial charge >= 0.3 is 0 Å². The van der Waals surface area contributed by atoms with Crippen molar-refractivity contribution in [1.82, 2.24) is 4.98 Å². The van der Waals surface area contributed by atoms with Crippen molar-refractivity contribution in [2.24, 2.45) is 5.92 Å². The van der Waals surface area contributed by atoms with Crippen LogP contribution in [0.2, 0.25) is 0 Å². The highest BCUT2D eigenvalue weighted by atomic mass is 16.1. The molecule has 1 fully saturated rings. The Kier molecular flexibility index (Phi) is 4.23. The second kappa shape index (κ2) is 5.72. The highest BCUT2D eigenvalue weighted by molar-refractivity contribution is 5.92. The number of rotatable bonds is 2. The lowest BCUT2D eigenvalue weighted by Gasteiger charge is -2.22. The minimum atomic E-state index is 0.00553. The van der Waals surface area contributed by atoms with E-state index in [0.29, 0.717) is 0 Å². The van der Waals surface area contributed by atoms with Crippen LogP contribution < -0.4 is 5.32 Å². The van der Waals surface area contributed by atoms with E-state index in [9.17, 15) is 4.79 Å². The summed E-state index contributed by atoms with van der Waals surface area (Å²) in [6.45, 7) is 6.38. The Labute approximate surface area is 115 Å². The van der Waals surface area contributed by atoms with Gasteiger partial charge < -0.3 is 5.32 Å². The first-order chi connectivity index (χ1) is 8.97. The summed E-state index contributed by atoms with van der Waals surface area (Å²) in [7, 11) is 0. The van der Waals surface area contributed by atoms with Crippen LogP contribution in [-0.4, -0.2) is 10.9 Å². The van der Waals surface area contributed by atoms with Crippen molar-refractivity contribution < 1.29 is 4.79 Å². The molecule has 1 saturated carbocycles. The maximum absolute atomic E-state index is 12.2. The van der Waals surface area contributed by atoms with Gasteiger partial charge in [-0.25, -0.2) is 0 Å². The van der Waals surface area contributed by atoms with Crippen molar-refractivity contribution in [2.45, 2.75) is 58.3 Å². The lowest BCUT2D eigenvalue weighted by molar-refractivity contribution is -0.120. The van der Waals surface area contributed by atoms with Gasteiger partial charge in [0.1, 0.15) is 0 Å². The smallest absolute Gasteiger partial charge is 0.227 e. The molecule has 19 heavy (non-hydrogen) atoms. The van der Waals surface area contributed by atoms with E-state index >= 15 is 0 Å². The number of pyridine rings is 1. The summed E-state index contributed by atoms with van der Waals surface area (Å²) in [5.41, 5.74) is 1.88. The second-order valence-electron chi connectivity index (χ2n) is 6.50. The summed E-state index contributed by atoms with van der Waals surface area (Å²) in [4.78, 5) is 16.6. The molecule has 0 unspecified atom stereocenters. The third-order valence-corrected chi connectivity index (χ3v) is 3.77. The third-order valence-electron chi connectivity index (χ3n) is 3.77. The van der Waals surface area contributed by atoms with E-state index in [4.69, 9.17) is 0 Å². The van der Waals surface area contributed by atoms with Crippen molar-refractivity contribution >= 4 is 11.6 Å². The van der Waals surface area contributed by atoms with Crippen molar-refractivity contribution in [1.29, 1.82) is 0 Å². The molecule has 0 aromatic carbocycles. The SMILES string of the molecule is CC(C)(C)c1cc(NC(=O)C2CCCCC2)ccn1. The zero-order valence-corrected chi connectivity index (χ0v) is 12.2. The van der Waals surface area contributed by atoms with Crippen LogP contribution in [0, 0.1) is 5.92 Å². The molecule has 1 aromatic heterocycles. The van der Waals surface area contributed by atoms with Gasteiger partial charge in [0.05, 0.1) is 0 Å². The minimum absolute atomic E-state index is 0.00553. The molecule has 104 valence electrons. The van der Waals surface area contributed by atoms with E-state index in [0.717, 1.165) is 24.2 Å². The van der Waals surface area contributed by atoms with E-state index in [1.54, 1.807) is 6.20 Å². The Bertz CT molecular complexity index is 442. The molecule has 1 heterocycles. The number of nitrogens with one attached hydrogen (secondary N) is 1. The molecule has 0 saturated heterocycles. The highest BCUT2D eigenvalue weighted by Gasteiger charge is 2.22. The van der Waals surface area contributed by atoms with Gasteiger partial charge in [-0.1, -0.05) is 40.0 Å². The monoisotopic (exact) mass is 260 g/mol. The van der Waals surface area contributed by atoms with Crippen LogP contribution in [0.3, 0.4) is 0 Å². The van der Waals surface area contributed by atoms with E-state index in [1.807, 2.05) is 12.1 Å². The van der Waals surface area contributed by atoms with Crippen LogP contribution in [0.1, 0.15) is 58.6 Å². The Morgan fingerprint density at radius 1 is 1.26 bits per heavy atom. The maximum atomic E-state index is 12.2. The van der Waals surface area contributed by atoms with E-state index in [-0.39, 0.29) is 17.2 Å². The van der Waals surface area contributed by atoms with Crippen LogP contribution in [0.25, 0.3) is 0 Å². The summed E-state index contributed by atoms with van der Waals surface area (Å²) >= 11 is 0. The molecule has 3 nitrogen and oxygen atoms in total. The summed E-state index contributed by atoms with van der Waals surface area (Å²) in [6.07, 6.45) is 7.47. The summed E-state index contributed by atoms with van der Waals surface area (Å²) in [6, 6.07) is 3.86. The minimum Gasteiger partial charge on any atom is -0.326 e. The molecular weight excluding hydrogens is 236 g/mol. The van der Waals surface area contributed by atoms with Gasteiger partial charge in [-0.05, 0) is 25.0 Å². The average Bonchev–Trinajstić information content (AvgIpc) is 2.39. The first kappa shape index (κ1) is 14.0. The average molecular weight is 260 g/mol. The molecule has 1 N–H and O–H groups in total. The molecule has 1 aromatic rings. The molecule has 0 spiro atoms. The largest absolute Gasteiger partial charge is 0.326 e. The molecule has 0 radical (unpaired) electrons. The summed E-state index contributed by atoms with van der Waals surface area (Å²) in [5, 5.41) is 3.05. The van der Waals surface area contributed by atoms with Crippen LogP contribution in [0.5, 0.6) is 0 Å². The molecule has 0 atom stereocenters. The van der Waals surface area contributed by atoms with Gasteiger partial charge in [0, 0.05) is 28.9 Å². The first-order valence-electron chi connectivity index (χ1n) is 7.24. The summed E-state index contributed by atoms with van der Waals surface area (Å²) in [5.74, 6) is 0.366. The number of nitrogens with zero attached hydrogens (tertiary/aromatic N) is 1. The number of amides is 1. The lowest BCUT2D eigenvalue weighted by Crippen LogP contribution is -2.25. The number of carbonyl (C=O) groups is 1. The number of hydrogen-bond donors (Lipinski definition) is 1. The van der Waals surface area contributed by atoms with E-state index in [2.05, 4.69) is 31.1 Å². The number of carbonyl (C=O) groups excluding carboxylic acids is 1. The third kappa shape index (κ3) is 3.79. The number of hydrogen-bond acceptors (Lipinski definition) is 2. The summed E-state index contributed by atoms with van der Waals surface area (Å²) < 4.78 is 0. The highest BCUT2D eigenvalue weighted by Crippen LogP contribution is 2.26. The van der Waals surface area contributed by atoms with Gasteiger partial charge in [-0.3, -0.25) is 9.78 Å². The molecule has 0 bridgehead atoms. The van der Waals surface area contributed by atoms with Crippen LogP contribution in [0.4, 0.5) is 5.69 Å². The first-order valence-corrected chi connectivity index (χ1v) is 7.24. The number of anilines is 1. The van der Waals surface area contributed by atoms with Crippen LogP contribution in [-0.2, 0) is 10.2 Å². The zero-order valence-electron chi connectivity index (χ0n) is 12.2. The molecule has 1 amide bonds. The predicted octanol–water partition coefficient (Wildman–Crippen LogP) is 3.90. The fraction of sp³-hybridized carbons (Fsp3) is 0.625. The molecular formula is C16H24N2O. The van der Waals surface area contributed by atoms with E-state index < -0.39 is 0 Å². The van der Waals surface area contributed by atoms with Crippen molar-refractivity contribution in [3.05, 3.63) is 24.0 Å². The quantitative estimate of drug-likeness (QED) is 0.876. The number of aromatic nitrogens is 1. The molecule has 3 heteroatoms. The normalized spacial score (nSPS) is 17.2. The lowest BCUT2D eigenvalue weighted by atomic mass is 9.88. The Balaban J connectivity index is 2.04. The van der Waals surface area contributed by atoms with Gasteiger partial charge in [0.15, 0.2) is 0 Å². The van der Waals surface area contributed by atoms with Crippen molar-refractivity contribution in [2.75, 3.05) is 5.32 Å². The van der Waals surface area contributed by atoms with Gasteiger partial charge in [0.2, 0.25) is 5.91 Å². The molecule has 1 aliphatic carbocycles. The molecule has 1 aliphatic rings. The van der Waals surface area contributed by atoms with Crippen LogP contribution >= 0.6 is 0 Å². The van der Waals surface area contributed by atoms with Crippen molar-refractivity contribution in [3.8, 4) is 0 Å². The topological polar surface area (TPSA) is 42.0 Å². The maximum Gasteiger partial charge on any atom is 0.227 e. The van der Waals surface area contributed by atoms with Gasteiger partial charge in [-0.15, -0.1) is 0 Å². The van der Waals surface area contributed by atoms with E-state index in [1.165, 1.54) is 19.3 Å². The zero-order chi connectivity index (χ0) is 13.9. The second-order valence-corrected chi connectivity index (χ2v) is 6.50.